The van der Waals surface area contributed by atoms with Gasteiger partial charge in [0, 0.05) is 11.1 Å². The average molecular weight is 485 g/mol. The summed E-state index contributed by atoms with van der Waals surface area (Å²) >= 11 is 0. The number of benzene rings is 5. The number of hydrogen-bond donors (Lipinski definition) is 0. The second kappa shape index (κ2) is 10.4. The van der Waals surface area contributed by atoms with Crippen LogP contribution in [0.15, 0.2) is 146 Å². The SMILES string of the molecule is N#Cc1cc(-c2ccccc2)c(-c2ccccc2)c(-c2cc(-c3ccccc3)nc(-c3ccccc3)c2)c1. The van der Waals surface area contributed by atoms with E-state index in [4.69, 9.17) is 4.98 Å². The lowest BCUT2D eigenvalue weighted by molar-refractivity contribution is 1.32. The predicted octanol–water partition coefficient (Wildman–Crippen LogP) is 9.29. The molecular formula is C36H24N2. The first-order valence-corrected chi connectivity index (χ1v) is 12.6. The van der Waals surface area contributed by atoms with Gasteiger partial charge >= 0.3 is 0 Å². The molecule has 2 nitrogen and oxygen atoms in total. The summed E-state index contributed by atoms with van der Waals surface area (Å²) in [5.41, 5.74) is 10.8. The van der Waals surface area contributed by atoms with Gasteiger partial charge in [-0.1, -0.05) is 121 Å². The van der Waals surface area contributed by atoms with E-state index in [1.54, 1.807) is 0 Å². The molecule has 5 aromatic carbocycles. The van der Waals surface area contributed by atoms with Gasteiger partial charge in [-0.3, -0.25) is 0 Å². The Morgan fingerprint density at radius 3 is 1.26 bits per heavy atom. The van der Waals surface area contributed by atoms with Gasteiger partial charge in [-0.15, -0.1) is 0 Å². The number of rotatable bonds is 5. The Morgan fingerprint density at radius 1 is 0.421 bits per heavy atom. The van der Waals surface area contributed by atoms with Crippen LogP contribution in [0.4, 0.5) is 0 Å². The quantitative estimate of drug-likeness (QED) is 0.244. The van der Waals surface area contributed by atoms with E-state index in [1.807, 2.05) is 72.8 Å². The zero-order chi connectivity index (χ0) is 25.7. The number of aromatic nitrogens is 1. The Hall–Kier alpha value is -5.26. The van der Waals surface area contributed by atoms with Crippen molar-refractivity contribution in [3.63, 3.8) is 0 Å². The fraction of sp³-hybridized carbons (Fsp3) is 0. The normalized spacial score (nSPS) is 10.6. The van der Waals surface area contributed by atoms with Crippen molar-refractivity contribution in [1.82, 2.24) is 4.98 Å². The van der Waals surface area contributed by atoms with E-state index < -0.39 is 0 Å². The van der Waals surface area contributed by atoms with Crippen molar-refractivity contribution in [3.05, 3.63) is 151 Å². The Bertz CT molecular complexity index is 1680. The van der Waals surface area contributed by atoms with Gasteiger partial charge in [-0.05, 0) is 57.6 Å². The third-order valence-electron chi connectivity index (χ3n) is 6.69. The van der Waals surface area contributed by atoms with Crippen LogP contribution >= 0.6 is 0 Å². The first kappa shape index (κ1) is 23.2. The molecule has 1 aromatic heterocycles. The van der Waals surface area contributed by atoms with Gasteiger partial charge < -0.3 is 0 Å². The summed E-state index contributed by atoms with van der Waals surface area (Å²) < 4.78 is 0. The number of nitrogens with zero attached hydrogens (tertiary/aromatic N) is 2. The molecule has 0 saturated heterocycles. The van der Waals surface area contributed by atoms with Crippen LogP contribution in [0.5, 0.6) is 0 Å². The predicted molar refractivity (Wildman–Crippen MR) is 156 cm³/mol. The van der Waals surface area contributed by atoms with Gasteiger partial charge in [0.1, 0.15) is 0 Å². The van der Waals surface area contributed by atoms with Crippen molar-refractivity contribution >= 4 is 0 Å². The van der Waals surface area contributed by atoms with Crippen molar-refractivity contribution in [2.45, 2.75) is 0 Å². The zero-order valence-corrected chi connectivity index (χ0v) is 20.8. The highest BCUT2D eigenvalue weighted by molar-refractivity contribution is 5.96. The highest BCUT2D eigenvalue weighted by atomic mass is 14.7. The van der Waals surface area contributed by atoms with Crippen molar-refractivity contribution in [2.75, 3.05) is 0 Å². The first-order valence-electron chi connectivity index (χ1n) is 12.6. The standard InChI is InChI=1S/C36H24N2/c37-25-26-21-32(27-13-5-1-6-14-27)36(30-19-11-4-12-20-30)33(22-26)31-23-34(28-15-7-2-8-16-28)38-35(24-31)29-17-9-3-10-18-29/h1-24H. The van der Waals surface area contributed by atoms with Gasteiger partial charge in [0.25, 0.3) is 0 Å². The molecule has 1 heterocycles. The van der Waals surface area contributed by atoms with Gasteiger partial charge in [-0.25, -0.2) is 4.98 Å². The fourth-order valence-corrected chi connectivity index (χ4v) is 4.90. The minimum atomic E-state index is 0.623. The van der Waals surface area contributed by atoms with E-state index in [9.17, 15) is 5.26 Å². The summed E-state index contributed by atoms with van der Waals surface area (Å²) in [6, 6.07) is 51.9. The minimum absolute atomic E-state index is 0.623. The van der Waals surface area contributed by atoms with Crippen molar-refractivity contribution in [3.8, 4) is 62.0 Å². The minimum Gasteiger partial charge on any atom is -0.248 e. The summed E-state index contributed by atoms with van der Waals surface area (Å²) in [6.07, 6.45) is 0. The van der Waals surface area contributed by atoms with E-state index >= 15 is 0 Å². The summed E-state index contributed by atoms with van der Waals surface area (Å²) in [6.45, 7) is 0. The van der Waals surface area contributed by atoms with Crippen LogP contribution in [0.25, 0.3) is 55.9 Å². The van der Waals surface area contributed by atoms with Gasteiger partial charge in [0.15, 0.2) is 0 Å². The molecule has 0 N–H and O–H groups in total. The number of hydrogen-bond acceptors (Lipinski definition) is 2. The fourth-order valence-electron chi connectivity index (χ4n) is 4.90. The van der Waals surface area contributed by atoms with Gasteiger partial charge in [0.05, 0.1) is 23.0 Å². The average Bonchev–Trinajstić information content (AvgIpc) is 3.02. The third-order valence-corrected chi connectivity index (χ3v) is 6.69. The number of nitriles is 1. The Kier molecular flexibility index (Phi) is 6.33. The lowest BCUT2D eigenvalue weighted by Crippen LogP contribution is -1.95. The highest BCUT2D eigenvalue weighted by Gasteiger charge is 2.18. The maximum Gasteiger partial charge on any atom is 0.0992 e. The molecule has 0 amide bonds. The third kappa shape index (κ3) is 4.62. The maximum absolute atomic E-state index is 10.0. The lowest BCUT2D eigenvalue weighted by atomic mass is 9.85. The van der Waals surface area contributed by atoms with Crippen LogP contribution in [-0.2, 0) is 0 Å². The van der Waals surface area contributed by atoms with Crippen LogP contribution in [0.1, 0.15) is 5.56 Å². The molecular weight excluding hydrogens is 460 g/mol. The van der Waals surface area contributed by atoms with Gasteiger partial charge in [-0.2, -0.15) is 5.26 Å². The topological polar surface area (TPSA) is 36.7 Å². The molecule has 178 valence electrons. The molecule has 0 saturated carbocycles. The first-order chi connectivity index (χ1) is 18.8. The van der Waals surface area contributed by atoms with E-state index in [1.165, 1.54) is 0 Å². The van der Waals surface area contributed by atoms with Crippen LogP contribution < -0.4 is 0 Å². The Morgan fingerprint density at radius 2 is 0.816 bits per heavy atom. The summed E-state index contributed by atoms with van der Waals surface area (Å²) in [5.74, 6) is 0. The van der Waals surface area contributed by atoms with E-state index in [0.29, 0.717) is 5.56 Å². The molecule has 2 heteroatoms. The summed E-state index contributed by atoms with van der Waals surface area (Å²) in [5, 5.41) is 10.0. The van der Waals surface area contributed by atoms with Crippen LogP contribution in [-0.4, -0.2) is 4.98 Å². The molecule has 0 spiro atoms. The molecule has 6 aromatic rings. The Balaban J connectivity index is 1.69. The molecule has 0 aliphatic rings. The smallest absolute Gasteiger partial charge is 0.0992 e. The number of pyridine rings is 1. The van der Waals surface area contributed by atoms with Crippen molar-refractivity contribution < 1.29 is 0 Å². The summed E-state index contributed by atoms with van der Waals surface area (Å²) in [4.78, 5) is 5.06. The van der Waals surface area contributed by atoms with E-state index in [-0.39, 0.29) is 0 Å². The summed E-state index contributed by atoms with van der Waals surface area (Å²) in [7, 11) is 0. The molecule has 0 aliphatic carbocycles. The second-order valence-corrected chi connectivity index (χ2v) is 9.15. The molecule has 0 fully saturated rings. The van der Waals surface area contributed by atoms with Crippen LogP contribution in [0.2, 0.25) is 0 Å². The zero-order valence-electron chi connectivity index (χ0n) is 20.8. The molecule has 0 unspecified atom stereocenters. The van der Waals surface area contributed by atoms with Crippen molar-refractivity contribution in [1.29, 1.82) is 5.26 Å². The van der Waals surface area contributed by atoms with Crippen LogP contribution in [0.3, 0.4) is 0 Å². The molecule has 0 aliphatic heterocycles. The highest BCUT2D eigenvalue weighted by Crippen LogP contribution is 2.42. The lowest BCUT2D eigenvalue weighted by Gasteiger charge is -2.18. The molecule has 6 rings (SSSR count). The molecule has 0 radical (unpaired) electrons. The van der Waals surface area contributed by atoms with E-state index in [0.717, 1.165) is 55.9 Å². The Labute approximate surface area is 223 Å². The van der Waals surface area contributed by atoms with E-state index in [2.05, 4.69) is 78.9 Å². The molecule has 38 heavy (non-hydrogen) atoms. The van der Waals surface area contributed by atoms with Crippen molar-refractivity contribution in [2.24, 2.45) is 0 Å². The molecule has 0 atom stereocenters. The largest absolute Gasteiger partial charge is 0.248 e. The van der Waals surface area contributed by atoms with Crippen LogP contribution in [0, 0.1) is 11.3 Å². The monoisotopic (exact) mass is 484 g/mol. The second-order valence-electron chi connectivity index (χ2n) is 9.15. The van der Waals surface area contributed by atoms with Gasteiger partial charge in [0.2, 0.25) is 0 Å². The maximum atomic E-state index is 10.0. The molecule has 0 bridgehead atoms.